The minimum atomic E-state index is -0.548. The first kappa shape index (κ1) is 22.8. The molecule has 1 aliphatic rings. The maximum Gasteiger partial charge on any atom is 0.312 e. The van der Waals surface area contributed by atoms with Gasteiger partial charge in [-0.05, 0) is 44.0 Å². The molecule has 0 saturated carbocycles. The fourth-order valence-corrected chi connectivity index (χ4v) is 4.74. The lowest BCUT2D eigenvalue weighted by Crippen LogP contribution is -2.23. The molecule has 1 amide bonds. The van der Waals surface area contributed by atoms with Gasteiger partial charge in [-0.25, -0.2) is 9.37 Å². The van der Waals surface area contributed by atoms with Crippen LogP contribution in [0.3, 0.4) is 0 Å². The van der Waals surface area contributed by atoms with E-state index in [-0.39, 0.29) is 30.5 Å². The van der Waals surface area contributed by atoms with E-state index in [2.05, 4.69) is 4.98 Å². The quantitative estimate of drug-likeness (QED) is 0.370. The zero-order valence-electron chi connectivity index (χ0n) is 18.5. The topological polar surface area (TPSA) is 81.5 Å². The van der Waals surface area contributed by atoms with Crippen molar-refractivity contribution in [1.82, 2.24) is 9.55 Å². The normalized spacial score (nSPS) is 13.5. The summed E-state index contributed by atoms with van der Waals surface area (Å²) >= 11 is 1.32. The highest BCUT2D eigenvalue weighted by atomic mass is 32.1. The molecule has 33 heavy (non-hydrogen) atoms. The molecule has 0 spiro atoms. The Balaban J connectivity index is 1.34. The van der Waals surface area contributed by atoms with Crippen molar-refractivity contribution in [1.29, 1.82) is 0 Å². The van der Waals surface area contributed by atoms with Gasteiger partial charge in [-0.1, -0.05) is 12.1 Å². The maximum absolute atomic E-state index is 13.2. The van der Waals surface area contributed by atoms with Crippen LogP contribution >= 0.6 is 11.3 Å². The van der Waals surface area contributed by atoms with E-state index in [1.165, 1.54) is 23.5 Å². The van der Waals surface area contributed by atoms with E-state index in [0.29, 0.717) is 35.9 Å². The molecule has 1 aliphatic heterocycles. The summed E-state index contributed by atoms with van der Waals surface area (Å²) in [5.41, 5.74) is 3.58. The minimum absolute atomic E-state index is 0.0427. The summed E-state index contributed by atoms with van der Waals surface area (Å²) in [6, 6.07) is 8.00. The summed E-state index contributed by atoms with van der Waals surface area (Å²) < 4.78 is 20.3. The number of aryl methyl sites for hydroxylation is 1. The molecule has 0 radical (unpaired) electrons. The average Bonchev–Trinajstić information content (AvgIpc) is 3.49. The van der Waals surface area contributed by atoms with Gasteiger partial charge in [0.1, 0.15) is 5.82 Å². The summed E-state index contributed by atoms with van der Waals surface area (Å²) in [5, 5.41) is 2.32. The van der Waals surface area contributed by atoms with Gasteiger partial charge < -0.3 is 9.30 Å². The molecule has 0 atom stereocenters. The lowest BCUT2D eigenvalue weighted by atomic mass is 10.1. The first-order valence-electron chi connectivity index (χ1n) is 10.7. The monoisotopic (exact) mass is 469 g/mol. The Morgan fingerprint density at radius 2 is 1.97 bits per heavy atom. The van der Waals surface area contributed by atoms with E-state index in [0.717, 1.165) is 23.4 Å². The predicted molar refractivity (Wildman–Crippen MR) is 122 cm³/mol. The van der Waals surface area contributed by atoms with E-state index in [1.54, 1.807) is 28.5 Å². The van der Waals surface area contributed by atoms with Crippen molar-refractivity contribution in [3.63, 3.8) is 0 Å². The molecule has 3 heterocycles. The third-order valence-electron chi connectivity index (χ3n) is 5.66. The Kier molecular flexibility index (Phi) is 6.69. The number of ether oxygens (including phenoxy) is 1. The van der Waals surface area contributed by atoms with Gasteiger partial charge in [0, 0.05) is 41.8 Å². The summed E-state index contributed by atoms with van der Waals surface area (Å²) in [5.74, 6) is -1.09. The standard InChI is InChI=1S/C24H24FN3O4S/c1-15-10-20(16(2)28(15)12-17-5-7-18(25)8-6-17)21(29)13-32-23(31)11-19-14-33-24(26-19)27-9-3-4-22(27)30/h5-8,10,14H,3-4,9,11-13H2,1-2H3. The van der Waals surface area contributed by atoms with Crippen LogP contribution in [-0.4, -0.2) is 40.4 Å². The van der Waals surface area contributed by atoms with E-state index < -0.39 is 5.97 Å². The first-order chi connectivity index (χ1) is 15.8. The Bertz CT molecular complexity index is 1200. The fraction of sp³-hybridized carbons (Fsp3) is 0.333. The highest BCUT2D eigenvalue weighted by Crippen LogP contribution is 2.25. The third kappa shape index (κ3) is 5.19. The lowest BCUT2D eigenvalue weighted by molar-refractivity contribution is -0.141. The summed E-state index contributed by atoms with van der Waals surface area (Å²) in [6.45, 7) is 4.52. The molecule has 1 aromatic carbocycles. The molecular weight excluding hydrogens is 445 g/mol. The largest absolute Gasteiger partial charge is 0.457 e. The zero-order chi connectivity index (χ0) is 23.5. The van der Waals surface area contributed by atoms with Gasteiger partial charge in [-0.15, -0.1) is 11.3 Å². The van der Waals surface area contributed by atoms with Gasteiger partial charge >= 0.3 is 5.97 Å². The van der Waals surface area contributed by atoms with Gasteiger partial charge in [-0.3, -0.25) is 19.3 Å². The Labute approximate surface area is 194 Å². The highest BCUT2D eigenvalue weighted by molar-refractivity contribution is 7.14. The molecule has 3 aromatic rings. The van der Waals surface area contributed by atoms with Gasteiger partial charge in [0.2, 0.25) is 11.7 Å². The average molecular weight is 470 g/mol. The molecule has 0 unspecified atom stereocenters. The number of rotatable bonds is 8. The minimum Gasteiger partial charge on any atom is -0.457 e. The van der Waals surface area contributed by atoms with Gasteiger partial charge in [0.15, 0.2) is 11.7 Å². The molecule has 9 heteroatoms. The predicted octanol–water partition coefficient (Wildman–Crippen LogP) is 3.84. The third-order valence-corrected chi connectivity index (χ3v) is 6.57. The number of hydrogen-bond acceptors (Lipinski definition) is 6. The highest BCUT2D eigenvalue weighted by Gasteiger charge is 2.25. The molecule has 1 fully saturated rings. The number of carbonyl (C=O) groups is 3. The number of Topliss-reactive ketones (excluding diaryl/α,β-unsaturated/α-hetero) is 1. The summed E-state index contributed by atoms with van der Waals surface area (Å²) in [6.07, 6.45) is 1.27. The number of aromatic nitrogens is 2. The van der Waals surface area contributed by atoms with Crippen molar-refractivity contribution in [3.8, 4) is 0 Å². The van der Waals surface area contributed by atoms with Crippen molar-refractivity contribution in [3.05, 3.63) is 69.7 Å². The molecule has 0 bridgehead atoms. The van der Waals surface area contributed by atoms with E-state index in [4.69, 9.17) is 4.74 Å². The Morgan fingerprint density at radius 1 is 1.21 bits per heavy atom. The van der Waals surface area contributed by atoms with Crippen LogP contribution in [0, 0.1) is 19.7 Å². The molecule has 1 saturated heterocycles. The second-order valence-corrected chi connectivity index (χ2v) is 8.86. The van der Waals surface area contributed by atoms with Crippen LogP contribution in [0.25, 0.3) is 0 Å². The first-order valence-corrected chi connectivity index (χ1v) is 11.5. The van der Waals surface area contributed by atoms with Crippen LogP contribution in [0.15, 0.2) is 35.7 Å². The maximum atomic E-state index is 13.2. The smallest absolute Gasteiger partial charge is 0.312 e. The zero-order valence-corrected chi connectivity index (χ0v) is 19.3. The van der Waals surface area contributed by atoms with Crippen molar-refractivity contribution in [2.75, 3.05) is 18.1 Å². The number of thiazole rings is 1. The van der Waals surface area contributed by atoms with Crippen LogP contribution < -0.4 is 4.90 Å². The van der Waals surface area contributed by atoms with E-state index in [1.807, 2.05) is 18.4 Å². The second-order valence-electron chi connectivity index (χ2n) is 8.03. The molecule has 2 aromatic heterocycles. The molecule has 7 nitrogen and oxygen atoms in total. The van der Waals surface area contributed by atoms with Crippen molar-refractivity contribution >= 4 is 34.1 Å². The number of ketones is 1. The van der Waals surface area contributed by atoms with Crippen LogP contribution in [0.1, 0.15) is 45.8 Å². The molecular formula is C24H24FN3O4S. The summed E-state index contributed by atoms with van der Waals surface area (Å²) in [4.78, 5) is 42.8. The number of anilines is 1. The van der Waals surface area contributed by atoms with Crippen LogP contribution in [0.2, 0.25) is 0 Å². The van der Waals surface area contributed by atoms with Gasteiger partial charge in [-0.2, -0.15) is 0 Å². The SMILES string of the molecule is Cc1cc(C(=O)COC(=O)Cc2csc(N3CCCC3=O)n2)c(C)n1Cc1ccc(F)cc1. The van der Waals surface area contributed by atoms with Gasteiger partial charge in [0.25, 0.3) is 0 Å². The molecule has 0 N–H and O–H groups in total. The summed E-state index contributed by atoms with van der Waals surface area (Å²) in [7, 11) is 0. The van der Waals surface area contributed by atoms with Crippen molar-refractivity contribution in [2.45, 2.75) is 39.7 Å². The molecule has 0 aliphatic carbocycles. The van der Waals surface area contributed by atoms with Crippen LogP contribution in [0.5, 0.6) is 0 Å². The van der Waals surface area contributed by atoms with Crippen molar-refractivity contribution < 1.29 is 23.5 Å². The Morgan fingerprint density at radius 3 is 2.67 bits per heavy atom. The molecule has 4 rings (SSSR count). The van der Waals surface area contributed by atoms with Crippen LogP contribution in [0.4, 0.5) is 9.52 Å². The number of hydrogen-bond donors (Lipinski definition) is 0. The number of amides is 1. The van der Waals surface area contributed by atoms with Gasteiger partial charge in [0.05, 0.1) is 12.1 Å². The number of esters is 1. The number of halogens is 1. The number of carbonyl (C=O) groups excluding carboxylic acids is 3. The fourth-order valence-electron chi connectivity index (χ4n) is 3.87. The number of benzene rings is 1. The Hall–Kier alpha value is -3.33. The number of nitrogens with zero attached hydrogens (tertiary/aromatic N) is 3. The van der Waals surface area contributed by atoms with Crippen molar-refractivity contribution in [2.24, 2.45) is 0 Å². The lowest BCUT2D eigenvalue weighted by Gasteiger charge is -2.10. The van der Waals surface area contributed by atoms with Crippen LogP contribution in [-0.2, 0) is 27.3 Å². The van der Waals surface area contributed by atoms with E-state index in [9.17, 15) is 18.8 Å². The second kappa shape index (κ2) is 9.66. The van der Waals surface area contributed by atoms with E-state index >= 15 is 0 Å². The molecule has 172 valence electrons.